The zero-order valence-electron chi connectivity index (χ0n) is 8.38. The Morgan fingerprint density at radius 3 is 1.61 bits per heavy atom. The van der Waals surface area contributed by atoms with E-state index in [1.165, 1.54) is 0 Å². The molecule has 0 aromatic carbocycles. The molecule has 1 aliphatic rings. The predicted octanol–water partition coefficient (Wildman–Crippen LogP) is -1.02. The summed E-state index contributed by atoms with van der Waals surface area (Å²) in [7, 11) is 0. The van der Waals surface area contributed by atoms with Gasteiger partial charge in [0.1, 0.15) is 0 Å². The van der Waals surface area contributed by atoms with Gasteiger partial charge in [0.2, 0.25) is 5.70 Å². The second kappa shape index (κ2) is 4.07. The van der Waals surface area contributed by atoms with Crippen molar-refractivity contribution in [2.24, 2.45) is 0 Å². The number of hydroxylamine groups is 3. The van der Waals surface area contributed by atoms with E-state index in [2.05, 4.69) is 0 Å². The van der Waals surface area contributed by atoms with Crippen LogP contribution in [0.5, 0.6) is 0 Å². The standard InChI is InChI=1S/C4H9N5O9/c10-7(11,12)4-1-2-5(8(13,14)15)6(3-4)9(16,17)18/h1-3,10-11,13-14,16-17H. The van der Waals surface area contributed by atoms with Crippen molar-refractivity contribution in [3.05, 3.63) is 39.8 Å². The lowest BCUT2D eigenvalue weighted by atomic mass is 10.4. The molecule has 14 heteroatoms. The second-order valence-corrected chi connectivity index (χ2v) is 3.08. The fraction of sp³-hybridized carbons (Fsp3) is 0. The lowest BCUT2D eigenvalue weighted by Gasteiger charge is -2.43. The molecule has 1 heterocycles. The van der Waals surface area contributed by atoms with Gasteiger partial charge in [-0.25, -0.2) is 0 Å². The summed E-state index contributed by atoms with van der Waals surface area (Å²) < 4.78 is 0. The molecule has 0 amide bonds. The maximum absolute atomic E-state index is 10.8. The fourth-order valence-corrected chi connectivity index (χ4v) is 1.00. The maximum Gasteiger partial charge on any atom is 0.225 e. The maximum atomic E-state index is 10.8. The van der Waals surface area contributed by atoms with Gasteiger partial charge in [-0.1, -0.05) is 0 Å². The Morgan fingerprint density at radius 1 is 0.833 bits per heavy atom. The number of nitrogens with zero attached hydrogens (tertiary/aromatic N) is 5. The van der Waals surface area contributed by atoms with E-state index in [9.17, 15) is 15.6 Å². The summed E-state index contributed by atoms with van der Waals surface area (Å²) in [5, 5.41) is 76.4. The van der Waals surface area contributed by atoms with Gasteiger partial charge in [0, 0.05) is 6.08 Å². The fourth-order valence-electron chi connectivity index (χ4n) is 1.00. The summed E-state index contributed by atoms with van der Waals surface area (Å²) in [5.74, 6) is 0. The van der Waals surface area contributed by atoms with Crippen molar-refractivity contribution in [1.82, 2.24) is 10.2 Å². The molecule has 0 saturated carbocycles. The van der Waals surface area contributed by atoms with Gasteiger partial charge < -0.3 is 15.6 Å². The first kappa shape index (κ1) is 14.7. The van der Waals surface area contributed by atoms with Crippen LogP contribution in [0.25, 0.3) is 0 Å². The van der Waals surface area contributed by atoms with E-state index in [4.69, 9.17) is 31.2 Å². The van der Waals surface area contributed by atoms with Crippen molar-refractivity contribution < 1.29 is 46.4 Å². The van der Waals surface area contributed by atoms with Gasteiger partial charge in [0.25, 0.3) is 0 Å². The van der Waals surface area contributed by atoms with E-state index in [-0.39, 0.29) is 6.20 Å². The van der Waals surface area contributed by atoms with E-state index >= 15 is 0 Å². The van der Waals surface area contributed by atoms with Crippen LogP contribution < -0.4 is 0 Å². The summed E-state index contributed by atoms with van der Waals surface area (Å²) in [4.78, 5) is -3.06. The van der Waals surface area contributed by atoms with Crippen molar-refractivity contribution in [2.45, 2.75) is 0 Å². The molecule has 0 unspecified atom stereocenters. The zero-order valence-corrected chi connectivity index (χ0v) is 8.38. The summed E-state index contributed by atoms with van der Waals surface area (Å²) >= 11 is 0. The number of rotatable bonds is 3. The Hall–Kier alpha value is -1.40. The number of hydrazine groups is 1. The Labute approximate surface area is 97.5 Å². The predicted molar refractivity (Wildman–Crippen MR) is 42.5 cm³/mol. The highest BCUT2D eigenvalue weighted by molar-refractivity contribution is 5.11. The van der Waals surface area contributed by atoms with Crippen LogP contribution in [0.15, 0.2) is 24.2 Å². The molecular formula is C4H9N5O9. The van der Waals surface area contributed by atoms with Crippen LogP contribution in [0.3, 0.4) is 0 Å². The SMILES string of the molecule is [O-][N+](O)(O)C1=CN([N+]([O-])(O)O)N([N+]([O-])(O)O)C=C1. The average Bonchev–Trinajstić information content (AvgIpc) is 2.12. The van der Waals surface area contributed by atoms with Crippen LogP contribution in [0.2, 0.25) is 0 Å². The summed E-state index contributed by atoms with van der Waals surface area (Å²) in [6, 6.07) is 0. The van der Waals surface area contributed by atoms with E-state index < -0.39 is 31.1 Å². The third-order valence-electron chi connectivity index (χ3n) is 1.71. The molecule has 0 aliphatic carbocycles. The Balaban J connectivity index is 3.18. The summed E-state index contributed by atoms with van der Waals surface area (Å²) in [5.41, 5.74) is -1.04. The molecule has 0 fully saturated rings. The minimum atomic E-state index is -3.41. The van der Waals surface area contributed by atoms with Crippen LogP contribution in [0.4, 0.5) is 0 Å². The van der Waals surface area contributed by atoms with E-state index in [0.29, 0.717) is 12.3 Å². The van der Waals surface area contributed by atoms with Gasteiger partial charge in [-0.3, -0.25) is 0 Å². The Kier molecular flexibility index (Phi) is 3.31. The monoisotopic (exact) mass is 271 g/mol. The van der Waals surface area contributed by atoms with Crippen molar-refractivity contribution >= 4 is 0 Å². The molecular weight excluding hydrogens is 262 g/mol. The Bertz CT molecular complexity index is 374. The molecule has 0 radical (unpaired) electrons. The van der Waals surface area contributed by atoms with E-state index in [0.717, 1.165) is 0 Å². The normalized spacial score (nSPS) is 18.2. The lowest BCUT2D eigenvalue weighted by Crippen LogP contribution is -2.65. The largest absolute Gasteiger partial charge is 0.559 e. The minimum absolute atomic E-state index is 0.0807. The van der Waals surface area contributed by atoms with Crippen LogP contribution >= 0.6 is 0 Å². The molecule has 104 valence electrons. The van der Waals surface area contributed by atoms with Crippen molar-refractivity contribution in [3.8, 4) is 0 Å². The minimum Gasteiger partial charge on any atom is -0.559 e. The second-order valence-electron chi connectivity index (χ2n) is 3.08. The molecule has 0 aromatic heterocycles. The first-order chi connectivity index (χ1) is 7.83. The van der Waals surface area contributed by atoms with Crippen LogP contribution in [-0.4, -0.2) is 56.6 Å². The molecule has 0 spiro atoms. The van der Waals surface area contributed by atoms with E-state index in [1.807, 2.05) is 0 Å². The molecule has 1 rings (SSSR count). The smallest absolute Gasteiger partial charge is 0.225 e. The van der Waals surface area contributed by atoms with Crippen LogP contribution in [-0.2, 0) is 0 Å². The van der Waals surface area contributed by atoms with Crippen molar-refractivity contribution in [2.75, 3.05) is 0 Å². The third-order valence-corrected chi connectivity index (χ3v) is 1.71. The lowest BCUT2D eigenvalue weighted by molar-refractivity contribution is -1.37. The third kappa shape index (κ3) is 3.08. The first-order valence-corrected chi connectivity index (χ1v) is 4.00. The first-order valence-electron chi connectivity index (χ1n) is 4.00. The average molecular weight is 271 g/mol. The van der Waals surface area contributed by atoms with Gasteiger partial charge in [0.05, 0.1) is 16.4 Å². The van der Waals surface area contributed by atoms with Gasteiger partial charge >= 0.3 is 0 Å². The molecule has 14 nitrogen and oxygen atoms in total. The van der Waals surface area contributed by atoms with E-state index in [1.54, 1.807) is 0 Å². The molecule has 1 aliphatic heterocycles. The highest BCUT2D eigenvalue weighted by Crippen LogP contribution is 2.24. The number of quaternary nitrogens is 3. The number of hydrogen-bond acceptors (Lipinski definition) is 11. The summed E-state index contributed by atoms with van der Waals surface area (Å²) in [6.45, 7) is 0. The summed E-state index contributed by atoms with van der Waals surface area (Å²) in [6.07, 6.45) is 0.880. The number of hydrogen-bond donors (Lipinski definition) is 6. The van der Waals surface area contributed by atoms with Gasteiger partial charge in [-0.15, -0.1) is 0 Å². The van der Waals surface area contributed by atoms with Crippen LogP contribution in [0, 0.1) is 15.6 Å². The van der Waals surface area contributed by atoms with Crippen LogP contribution in [0.1, 0.15) is 0 Å². The zero-order chi connectivity index (χ0) is 14.4. The topological polar surface area (TPSA) is 197 Å². The van der Waals surface area contributed by atoms with Gasteiger partial charge in [0.15, 0.2) is 6.20 Å². The highest BCUT2D eigenvalue weighted by atomic mass is 17.2. The molecule has 0 atom stereocenters. The molecule has 0 saturated heterocycles. The highest BCUT2D eigenvalue weighted by Gasteiger charge is 2.41. The molecule has 0 bridgehead atoms. The molecule has 6 N–H and O–H groups in total. The van der Waals surface area contributed by atoms with Crippen molar-refractivity contribution in [3.63, 3.8) is 0 Å². The quantitative estimate of drug-likeness (QED) is 0.271. The van der Waals surface area contributed by atoms with Crippen molar-refractivity contribution in [1.29, 1.82) is 0 Å². The number of allylic oxidation sites excluding steroid dienone is 1. The van der Waals surface area contributed by atoms with Gasteiger partial charge in [-0.2, -0.15) is 31.2 Å². The molecule has 18 heavy (non-hydrogen) atoms. The Morgan fingerprint density at radius 2 is 1.28 bits per heavy atom. The van der Waals surface area contributed by atoms with Gasteiger partial charge in [-0.05, 0) is 15.2 Å². The molecule has 0 aromatic rings.